The van der Waals surface area contributed by atoms with E-state index < -0.39 is 0 Å². The lowest BCUT2D eigenvalue weighted by atomic mass is 9.94. The average molecular weight is 418 g/mol. The van der Waals surface area contributed by atoms with Crippen LogP contribution in [-0.4, -0.2) is 33.8 Å². The molecule has 1 amide bonds. The third-order valence-electron chi connectivity index (χ3n) is 6.23. The number of carbonyl (C=O) groups is 1. The summed E-state index contributed by atoms with van der Waals surface area (Å²) in [6.45, 7) is 2.51. The van der Waals surface area contributed by atoms with Crippen LogP contribution >= 0.6 is 0 Å². The first-order chi connectivity index (χ1) is 15.2. The maximum atomic E-state index is 12.8. The SMILES string of the molecule is CCc1c(C(=O)NCc2ccc(N(C)C3CCCCC3)cc2)cnn1-c1ccccn1. The minimum absolute atomic E-state index is 0.109. The summed E-state index contributed by atoms with van der Waals surface area (Å²) in [4.78, 5) is 19.6. The van der Waals surface area contributed by atoms with Crippen molar-refractivity contribution >= 4 is 11.6 Å². The topological polar surface area (TPSA) is 63.1 Å². The zero-order valence-corrected chi connectivity index (χ0v) is 18.4. The van der Waals surface area contributed by atoms with Crippen LogP contribution in [0.15, 0.2) is 54.9 Å². The molecule has 1 saturated carbocycles. The Morgan fingerprint density at radius 3 is 2.58 bits per heavy atom. The van der Waals surface area contributed by atoms with Gasteiger partial charge in [0.05, 0.1) is 17.5 Å². The Kier molecular flexibility index (Phi) is 6.65. The van der Waals surface area contributed by atoms with E-state index in [1.807, 2.05) is 25.1 Å². The fourth-order valence-electron chi connectivity index (χ4n) is 4.39. The quantitative estimate of drug-likeness (QED) is 0.614. The maximum Gasteiger partial charge on any atom is 0.255 e. The highest BCUT2D eigenvalue weighted by atomic mass is 16.1. The Labute approximate surface area is 184 Å². The summed E-state index contributed by atoms with van der Waals surface area (Å²) in [6.07, 6.45) is 10.6. The third kappa shape index (κ3) is 4.79. The lowest BCUT2D eigenvalue weighted by Crippen LogP contribution is -2.33. The molecule has 4 rings (SSSR count). The molecule has 6 nitrogen and oxygen atoms in total. The van der Waals surface area contributed by atoms with Gasteiger partial charge in [-0.2, -0.15) is 5.10 Å². The molecule has 31 heavy (non-hydrogen) atoms. The van der Waals surface area contributed by atoms with Crippen LogP contribution in [-0.2, 0) is 13.0 Å². The van der Waals surface area contributed by atoms with Crippen molar-refractivity contribution in [2.75, 3.05) is 11.9 Å². The summed E-state index contributed by atoms with van der Waals surface area (Å²) in [5, 5.41) is 7.44. The normalized spacial score (nSPS) is 14.4. The summed E-state index contributed by atoms with van der Waals surface area (Å²) in [5.74, 6) is 0.610. The van der Waals surface area contributed by atoms with Gasteiger partial charge in [-0.3, -0.25) is 4.79 Å². The fraction of sp³-hybridized carbons (Fsp3) is 0.400. The van der Waals surface area contributed by atoms with Gasteiger partial charge in [0.1, 0.15) is 0 Å². The van der Waals surface area contributed by atoms with Crippen molar-refractivity contribution in [3.8, 4) is 5.82 Å². The van der Waals surface area contributed by atoms with Gasteiger partial charge in [0, 0.05) is 31.5 Å². The van der Waals surface area contributed by atoms with Gasteiger partial charge < -0.3 is 10.2 Å². The predicted octanol–water partition coefficient (Wildman–Crippen LogP) is 4.53. The highest BCUT2D eigenvalue weighted by molar-refractivity contribution is 5.95. The van der Waals surface area contributed by atoms with Crippen LogP contribution in [0.4, 0.5) is 5.69 Å². The molecule has 162 valence electrons. The van der Waals surface area contributed by atoms with E-state index in [1.54, 1.807) is 17.1 Å². The van der Waals surface area contributed by atoms with Crippen molar-refractivity contribution in [3.63, 3.8) is 0 Å². The van der Waals surface area contributed by atoms with Crippen molar-refractivity contribution in [2.45, 2.75) is 58.0 Å². The third-order valence-corrected chi connectivity index (χ3v) is 6.23. The highest BCUT2D eigenvalue weighted by Gasteiger charge is 2.19. The van der Waals surface area contributed by atoms with Gasteiger partial charge in [-0.05, 0) is 49.1 Å². The Hall–Kier alpha value is -3.15. The summed E-state index contributed by atoms with van der Waals surface area (Å²) in [5.41, 5.74) is 3.79. The zero-order valence-electron chi connectivity index (χ0n) is 18.4. The first-order valence-electron chi connectivity index (χ1n) is 11.3. The first kappa shape index (κ1) is 21.1. The molecule has 1 aromatic carbocycles. The summed E-state index contributed by atoms with van der Waals surface area (Å²) >= 11 is 0. The van der Waals surface area contributed by atoms with Crippen molar-refractivity contribution < 1.29 is 4.79 Å². The molecule has 3 aromatic rings. The van der Waals surface area contributed by atoms with Crippen LogP contribution in [0.25, 0.3) is 5.82 Å². The second-order valence-corrected chi connectivity index (χ2v) is 8.21. The number of pyridine rings is 1. The fourth-order valence-corrected chi connectivity index (χ4v) is 4.39. The van der Waals surface area contributed by atoms with Crippen LogP contribution in [0.2, 0.25) is 0 Å². The molecule has 0 saturated heterocycles. The molecule has 1 aliphatic rings. The number of rotatable bonds is 7. The molecule has 2 heterocycles. The number of hydrogen-bond acceptors (Lipinski definition) is 4. The lowest BCUT2D eigenvalue weighted by molar-refractivity contribution is 0.0950. The Bertz CT molecular complexity index is 991. The van der Waals surface area contributed by atoms with Gasteiger partial charge in [-0.1, -0.05) is 44.4 Å². The van der Waals surface area contributed by atoms with E-state index in [9.17, 15) is 4.79 Å². The largest absolute Gasteiger partial charge is 0.372 e. The van der Waals surface area contributed by atoms with Gasteiger partial charge in [0.15, 0.2) is 5.82 Å². The van der Waals surface area contributed by atoms with Gasteiger partial charge in [0.25, 0.3) is 5.91 Å². The molecule has 0 spiro atoms. The van der Waals surface area contributed by atoms with Crippen molar-refractivity contribution in [2.24, 2.45) is 0 Å². The summed E-state index contributed by atoms with van der Waals surface area (Å²) in [7, 11) is 2.19. The summed E-state index contributed by atoms with van der Waals surface area (Å²) in [6, 6.07) is 14.8. The second-order valence-electron chi connectivity index (χ2n) is 8.21. The van der Waals surface area contributed by atoms with E-state index in [4.69, 9.17) is 0 Å². The van der Waals surface area contributed by atoms with Crippen molar-refractivity contribution in [1.82, 2.24) is 20.1 Å². The molecule has 0 bridgehead atoms. The monoisotopic (exact) mass is 417 g/mol. The van der Waals surface area contributed by atoms with E-state index >= 15 is 0 Å². The maximum absolute atomic E-state index is 12.8. The van der Waals surface area contributed by atoms with E-state index in [-0.39, 0.29) is 5.91 Å². The number of aromatic nitrogens is 3. The Balaban J connectivity index is 1.39. The van der Waals surface area contributed by atoms with Crippen molar-refractivity contribution in [3.05, 3.63) is 71.7 Å². The number of hydrogen-bond donors (Lipinski definition) is 1. The number of anilines is 1. The van der Waals surface area contributed by atoms with Gasteiger partial charge in [-0.15, -0.1) is 0 Å². The molecular formula is C25H31N5O. The molecule has 0 atom stereocenters. The Morgan fingerprint density at radius 1 is 1.13 bits per heavy atom. The molecule has 1 N–H and O–H groups in total. The van der Waals surface area contributed by atoms with E-state index in [0.717, 1.165) is 17.1 Å². The molecular weight excluding hydrogens is 386 g/mol. The molecule has 0 unspecified atom stereocenters. The van der Waals surface area contributed by atoms with Gasteiger partial charge in [-0.25, -0.2) is 9.67 Å². The predicted molar refractivity (Wildman–Crippen MR) is 124 cm³/mol. The standard InChI is InChI=1S/C25H31N5O/c1-3-23-22(18-28-30(23)24-11-7-8-16-26-24)25(31)27-17-19-12-14-21(15-13-19)29(2)20-9-5-4-6-10-20/h7-8,11-16,18,20H,3-6,9-10,17H2,1-2H3,(H,27,31). The van der Waals surface area contributed by atoms with Gasteiger partial charge >= 0.3 is 0 Å². The molecule has 1 aliphatic carbocycles. The van der Waals surface area contributed by atoms with Crippen LogP contribution in [0, 0.1) is 0 Å². The van der Waals surface area contributed by atoms with Crippen LogP contribution in [0.1, 0.15) is 60.6 Å². The van der Waals surface area contributed by atoms with Crippen LogP contribution < -0.4 is 10.2 Å². The van der Waals surface area contributed by atoms with E-state index in [2.05, 4.69) is 51.6 Å². The van der Waals surface area contributed by atoms with E-state index in [0.29, 0.717) is 24.6 Å². The molecule has 2 aromatic heterocycles. The minimum Gasteiger partial charge on any atom is -0.372 e. The first-order valence-corrected chi connectivity index (χ1v) is 11.3. The highest BCUT2D eigenvalue weighted by Crippen LogP contribution is 2.26. The molecule has 0 radical (unpaired) electrons. The minimum atomic E-state index is -0.109. The van der Waals surface area contributed by atoms with Gasteiger partial charge in [0.2, 0.25) is 0 Å². The second kappa shape index (κ2) is 9.77. The molecule has 0 aliphatic heterocycles. The van der Waals surface area contributed by atoms with E-state index in [1.165, 1.54) is 37.8 Å². The molecule has 1 fully saturated rings. The zero-order chi connectivity index (χ0) is 21.6. The smallest absolute Gasteiger partial charge is 0.255 e. The lowest BCUT2D eigenvalue weighted by Gasteiger charge is -2.33. The summed E-state index contributed by atoms with van der Waals surface area (Å²) < 4.78 is 1.74. The van der Waals surface area contributed by atoms with Crippen LogP contribution in [0.3, 0.4) is 0 Å². The Morgan fingerprint density at radius 2 is 1.90 bits per heavy atom. The average Bonchev–Trinajstić information content (AvgIpc) is 3.28. The van der Waals surface area contributed by atoms with Crippen LogP contribution in [0.5, 0.6) is 0 Å². The number of nitrogens with zero attached hydrogens (tertiary/aromatic N) is 4. The molecule has 6 heteroatoms. The number of nitrogens with one attached hydrogen (secondary N) is 1. The van der Waals surface area contributed by atoms with Crippen molar-refractivity contribution in [1.29, 1.82) is 0 Å². The number of benzene rings is 1. The number of amides is 1. The number of carbonyl (C=O) groups excluding carboxylic acids is 1.